The van der Waals surface area contributed by atoms with E-state index in [-0.39, 0.29) is 0 Å². The van der Waals surface area contributed by atoms with Crippen molar-refractivity contribution in [2.75, 3.05) is 4.90 Å². The Balaban J connectivity index is 1.02. The van der Waals surface area contributed by atoms with Crippen molar-refractivity contribution in [3.05, 3.63) is 305 Å². The molecule has 69 heavy (non-hydrogen) atoms. The lowest BCUT2D eigenvalue weighted by molar-refractivity contribution is 0.768. The molecule has 0 atom stereocenters. The second-order valence-corrected chi connectivity index (χ2v) is 19.0. The van der Waals surface area contributed by atoms with Gasteiger partial charge in [0, 0.05) is 17.1 Å². The molecule has 0 saturated carbocycles. The lowest BCUT2D eigenvalue weighted by Crippen LogP contribution is -2.28. The predicted molar refractivity (Wildman–Crippen MR) is 287 cm³/mol. The van der Waals surface area contributed by atoms with E-state index in [2.05, 4.69) is 266 Å². The van der Waals surface area contributed by atoms with E-state index in [0.29, 0.717) is 0 Å². The van der Waals surface area contributed by atoms with Crippen molar-refractivity contribution in [1.82, 2.24) is 0 Å². The summed E-state index contributed by atoms with van der Waals surface area (Å²) in [6.45, 7) is 0. The molecule has 0 radical (unpaired) electrons. The largest absolute Gasteiger partial charge is 0.310 e. The number of benzene rings is 12. The molecule has 0 N–H and O–H groups in total. The summed E-state index contributed by atoms with van der Waals surface area (Å²) in [5, 5.41) is 7.58. The van der Waals surface area contributed by atoms with Crippen molar-refractivity contribution in [1.29, 1.82) is 0 Å². The first kappa shape index (κ1) is 38.3. The predicted octanol–water partition coefficient (Wildman–Crippen LogP) is 17.3. The van der Waals surface area contributed by atoms with E-state index in [4.69, 9.17) is 0 Å². The Labute approximate surface area is 401 Å². The Morgan fingerprint density at radius 2 is 0.551 bits per heavy atom. The van der Waals surface area contributed by atoms with Gasteiger partial charge in [-0.25, -0.2) is 0 Å². The van der Waals surface area contributed by atoms with Crippen LogP contribution in [0.5, 0.6) is 0 Å². The lowest BCUT2D eigenvalue weighted by Gasteiger charge is -2.35. The Morgan fingerprint density at radius 3 is 1.09 bits per heavy atom. The SMILES string of the molecule is c1ccc(C2(c3ccccc3)c3ccccc3-c3ccc(N(c4ccc5c(c4)-c4ccccc4C54c5ccccc5-c5ccccc54)c4ccc5c6ccccc6c6ccccc6c5c4)cc32)cc1. The van der Waals surface area contributed by atoms with Gasteiger partial charge in [-0.3, -0.25) is 0 Å². The van der Waals surface area contributed by atoms with Crippen LogP contribution in [0.4, 0.5) is 17.1 Å². The molecule has 1 nitrogen and oxygen atoms in total. The summed E-state index contributed by atoms with van der Waals surface area (Å²) in [7, 11) is 0. The summed E-state index contributed by atoms with van der Waals surface area (Å²) < 4.78 is 0. The molecular weight excluding hydrogens is 831 g/mol. The second kappa shape index (κ2) is 14.4. The molecule has 15 rings (SSSR count). The highest BCUT2D eigenvalue weighted by atomic mass is 15.1. The highest BCUT2D eigenvalue weighted by Gasteiger charge is 2.52. The molecule has 0 aromatic heterocycles. The Bertz CT molecular complexity index is 3970. The maximum Gasteiger partial charge on any atom is 0.0725 e. The van der Waals surface area contributed by atoms with E-state index in [1.807, 2.05) is 0 Å². The maximum absolute atomic E-state index is 2.53. The van der Waals surface area contributed by atoms with Gasteiger partial charge < -0.3 is 4.90 Å². The minimum absolute atomic E-state index is 0.421. The summed E-state index contributed by atoms with van der Waals surface area (Å²) in [5.74, 6) is 0. The first-order chi connectivity index (χ1) is 34.2. The van der Waals surface area contributed by atoms with E-state index < -0.39 is 10.8 Å². The topological polar surface area (TPSA) is 3.24 Å². The van der Waals surface area contributed by atoms with Crippen LogP contribution in [0.2, 0.25) is 0 Å². The monoisotopic (exact) mass is 873 g/mol. The van der Waals surface area contributed by atoms with Gasteiger partial charge in [-0.1, -0.05) is 224 Å². The van der Waals surface area contributed by atoms with E-state index in [9.17, 15) is 0 Å². The molecule has 0 unspecified atom stereocenters. The van der Waals surface area contributed by atoms with Crippen LogP contribution in [0.1, 0.15) is 44.5 Å². The first-order valence-corrected chi connectivity index (χ1v) is 24.2. The lowest BCUT2D eigenvalue weighted by atomic mass is 9.67. The minimum atomic E-state index is -0.541. The third-order valence-corrected chi connectivity index (χ3v) is 15.9. The van der Waals surface area contributed by atoms with E-state index in [1.54, 1.807) is 0 Å². The molecule has 3 aliphatic carbocycles. The standard InChI is InChI=1S/C68H43N/c1-3-19-44(20-4-1)67(45-21-5-2-6-22-45)61-31-15-11-29-56(61)58-39-36-48(43-66(58)67)69(46-35-38-53-51-25-8-7-23-49(51)50-24-9-10-26-52(50)59(53)41-46)47-37-40-65-60(42-47)57-30-14-18-34-64(57)68(65)62-32-16-12-27-54(62)55-28-13-17-33-63(55)68/h1-43H. The van der Waals surface area contributed by atoms with Crippen LogP contribution in [0.3, 0.4) is 0 Å². The average molecular weight is 874 g/mol. The molecule has 0 heterocycles. The number of nitrogens with zero attached hydrogens (tertiary/aromatic N) is 1. The average Bonchev–Trinajstić information content (AvgIpc) is 4.01. The van der Waals surface area contributed by atoms with Gasteiger partial charge in [0.2, 0.25) is 0 Å². The van der Waals surface area contributed by atoms with E-state index in [1.165, 1.54) is 110 Å². The summed E-state index contributed by atoms with van der Waals surface area (Å²) >= 11 is 0. The number of hydrogen-bond acceptors (Lipinski definition) is 1. The molecule has 1 spiro atoms. The third-order valence-electron chi connectivity index (χ3n) is 15.9. The molecule has 3 aliphatic rings. The molecule has 0 saturated heterocycles. The van der Waals surface area contributed by atoms with Gasteiger partial charge in [0.1, 0.15) is 0 Å². The van der Waals surface area contributed by atoms with Gasteiger partial charge in [-0.15, -0.1) is 0 Å². The number of rotatable bonds is 5. The fourth-order valence-corrected chi connectivity index (χ4v) is 13.3. The van der Waals surface area contributed by atoms with Crippen molar-refractivity contribution in [2.24, 2.45) is 0 Å². The fraction of sp³-hybridized carbons (Fsp3) is 0.0294. The quantitative estimate of drug-likeness (QED) is 0.156. The molecule has 0 amide bonds. The molecule has 0 fully saturated rings. The summed E-state index contributed by atoms with van der Waals surface area (Å²) in [6.07, 6.45) is 0. The van der Waals surface area contributed by atoms with Crippen LogP contribution in [-0.2, 0) is 10.8 Å². The zero-order valence-corrected chi connectivity index (χ0v) is 37.8. The molecular formula is C68H43N. The van der Waals surface area contributed by atoms with Crippen LogP contribution in [0.15, 0.2) is 261 Å². The van der Waals surface area contributed by atoms with Gasteiger partial charge in [0.25, 0.3) is 0 Å². The van der Waals surface area contributed by atoms with E-state index >= 15 is 0 Å². The zero-order chi connectivity index (χ0) is 45.3. The Hall–Kier alpha value is -8.78. The highest BCUT2D eigenvalue weighted by molar-refractivity contribution is 6.26. The molecule has 12 aromatic rings. The van der Waals surface area contributed by atoms with Crippen molar-refractivity contribution in [2.45, 2.75) is 10.8 Å². The summed E-state index contributed by atoms with van der Waals surface area (Å²) in [6, 6.07) is 98.1. The van der Waals surface area contributed by atoms with Gasteiger partial charge in [0.15, 0.2) is 0 Å². The van der Waals surface area contributed by atoms with Crippen molar-refractivity contribution in [3.8, 4) is 33.4 Å². The maximum atomic E-state index is 2.53. The first-order valence-electron chi connectivity index (χ1n) is 24.2. The fourth-order valence-electron chi connectivity index (χ4n) is 13.3. The van der Waals surface area contributed by atoms with Crippen LogP contribution in [-0.4, -0.2) is 0 Å². The van der Waals surface area contributed by atoms with E-state index in [0.717, 1.165) is 17.1 Å². The molecule has 12 aromatic carbocycles. The molecule has 0 bridgehead atoms. The van der Waals surface area contributed by atoms with Crippen LogP contribution < -0.4 is 4.90 Å². The number of hydrogen-bond donors (Lipinski definition) is 0. The van der Waals surface area contributed by atoms with Gasteiger partial charge in [-0.2, -0.15) is 0 Å². The van der Waals surface area contributed by atoms with Crippen LogP contribution in [0, 0.1) is 0 Å². The van der Waals surface area contributed by atoms with Crippen molar-refractivity contribution < 1.29 is 0 Å². The molecule has 1 heteroatoms. The Morgan fingerprint density at radius 1 is 0.203 bits per heavy atom. The summed E-state index contributed by atoms with van der Waals surface area (Å²) in [5.41, 5.74) is 20.6. The molecule has 320 valence electrons. The highest BCUT2D eigenvalue weighted by Crippen LogP contribution is 2.64. The number of fused-ring (bicyclic) bond motifs is 19. The smallest absolute Gasteiger partial charge is 0.0725 e. The van der Waals surface area contributed by atoms with Gasteiger partial charge in [-0.05, 0) is 147 Å². The number of anilines is 3. The zero-order valence-electron chi connectivity index (χ0n) is 37.8. The third kappa shape index (κ3) is 5.04. The van der Waals surface area contributed by atoms with Crippen LogP contribution in [0.25, 0.3) is 65.7 Å². The minimum Gasteiger partial charge on any atom is -0.310 e. The summed E-state index contributed by atoms with van der Waals surface area (Å²) in [4.78, 5) is 2.53. The van der Waals surface area contributed by atoms with Gasteiger partial charge in [0.05, 0.1) is 10.8 Å². The second-order valence-electron chi connectivity index (χ2n) is 19.0. The van der Waals surface area contributed by atoms with Gasteiger partial charge >= 0.3 is 0 Å². The molecule has 0 aliphatic heterocycles. The Kier molecular flexibility index (Phi) is 7.98. The normalized spacial score (nSPS) is 14.0. The van der Waals surface area contributed by atoms with Crippen molar-refractivity contribution >= 4 is 49.4 Å². The van der Waals surface area contributed by atoms with Crippen molar-refractivity contribution in [3.63, 3.8) is 0 Å². The van der Waals surface area contributed by atoms with Crippen LogP contribution >= 0.6 is 0 Å².